The molecule has 0 radical (unpaired) electrons. The summed E-state index contributed by atoms with van der Waals surface area (Å²) in [7, 11) is 0. The number of fused-ring (bicyclic) bond motifs is 1. The van der Waals surface area contributed by atoms with Gasteiger partial charge in [-0.2, -0.15) is 5.10 Å². The monoisotopic (exact) mass is 388 g/mol. The maximum atomic E-state index is 12.4. The van der Waals surface area contributed by atoms with Crippen LogP contribution in [0.15, 0.2) is 54.1 Å². The van der Waals surface area contributed by atoms with E-state index in [9.17, 15) is 4.79 Å². The minimum Gasteiger partial charge on any atom is -0.365 e. The van der Waals surface area contributed by atoms with Crippen molar-refractivity contribution in [2.45, 2.75) is 37.8 Å². The van der Waals surface area contributed by atoms with Crippen LogP contribution in [0.1, 0.15) is 31.7 Å². The van der Waals surface area contributed by atoms with Gasteiger partial charge in [0, 0.05) is 30.1 Å². The Morgan fingerprint density at radius 1 is 1.07 bits per heavy atom. The molecule has 4 heterocycles. The lowest BCUT2D eigenvalue weighted by Gasteiger charge is -2.30. The van der Waals surface area contributed by atoms with Gasteiger partial charge in [0.2, 0.25) is 0 Å². The Labute approximate surface area is 166 Å². The minimum absolute atomic E-state index is 0.0657. The number of hydrogen-bond donors (Lipinski definition) is 2. The molecule has 1 saturated carbocycles. The van der Waals surface area contributed by atoms with Crippen molar-refractivity contribution >= 4 is 17.0 Å². The second kappa shape index (κ2) is 7.42. The molecule has 1 aliphatic rings. The van der Waals surface area contributed by atoms with E-state index in [1.165, 1.54) is 6.33 Å². The van der Waals surface area contributed by atoms with E-state index in [4.69, 9.17) is 0 Å². The molecule has 5 rings (SSSR count). The summed E-state index contributed by atoms with van der Waals surface area (Å²) in [4.78, 5) is 32.3. The fourth-order valence-electron chi connectivity index (χ4n) is 3.89. The molecule has 0 atom stereocenters. The first kappa shape index (κ1) is 17.5. The zero-order valence-corrected chi connectivity index (χ0v) is 15.7. The molecular formula is C20H20N8O. The van der Waals surface area contributed by atoms with Crippen LogP contribution in [0.3, 0.4) is 0 Å². The number of pyridine rings is 1. The molecule has 2 N–H and O–H groups in total. The van der Waals surface area contributed by atoms with Gasteiger partial charge in [0.1, 0.15) is 11.8 Å². The van der Waals surface area contributed by atoms with Gasteiger partial charge in [0.15, 0.2) is 11.5 Å². The van der Waals surface area contributed by atoms with Crippen molar-refractivity contribution in [3.63, 3.8) is 0 Å². The Balaban J connectivity index is 1.31. The number of aromatic nitrogens is 7. The third-order valence-corrected chi connectivity index (χ3v) is 5.39. The van der Waals surface area contributed by atoms with Gasteiger partial charge in [-0.05, 0) is 43.9 Å². The van der Waals surface area contributed by atoms with Crippen molar-refractivity contribution in [2.75, 3.05) is 5.32 Å². The van der Waals surface area contributed by atoms with E-state index in [2.05, 4.69) is 35.3 Å². The highest BCUT2D eigenvalue weighted by Crippen LogP contribution is 2.30. The van der Waals surface area contributed by atoms with Gasteiger partial charge in [-0.15, -0.1) is 0 Å². The van der Waals surface area contributed by atoms with Gasteiger partial charge in [-0.3, -0.25) is 9.78 Å². The van der Waals surface area contributed by atoms with Crippen molar-refractivity contribution in [1.29, 1.82) is 0 Å². The van der Waals surface area contributed by atoms with Crippen LogP contribution in [0.25, 0.3) is 22.4 Å². The van der Waals surface area contributed by atoms with Crippen molar-refractivity contribution in [1.82, 2.24) is 34.7 Å². The molecule has 0 saturated heterocycles. The Morgan fingerprint density at radius 3 is 2.79 bits per heavy atom. The summed E-state index contributed by atoms with van der Waals surface area (Å²) in [6.07, 6.45) is 10.2. The molecule has 1 fully saturated rings. The molecule has 0 aliphatic heterocycles. The number of rotatable bonds is 4. The number of H-pyrrole nitrogens is 1. The molecule has 0 unspecified atom stereocenters. The number of nitrogens with one attached hydrogen (secondary N) is 2. The maximum absolute atomic E-state index is 12.4. The molecule has 1 aliphatic carbocycles. The Bertz CT molecular complexity index is 1180. The Kier molecular flexibility index (Phi) is 4.47. The van der Waals surface area contributed by atoms with E-state index in [-0.39, 0.29) is 17.6 Å². The summed E-state index contributed by atoms with van der Waals surface area (Å²) in [5, 5.41) is 8.11. The van der Waals surface area contributed by atoms with Crippen molar-refractivity contribution < 1.29 is 0 Å². The number of imidazole rings is 1. The molecule has 9 heteroatoms. The lowest BCUT2D eigenvalue weighted by molar-refractivity contribution is 0.304. The lowest BCUT2D eigenvalue weighted by Crippen LogP contribution is -2.33. The molecule has 29 heavy (non-hydrogen) atoms. The molecule has 4 aromatic heterocycles. The highest BCUT2D eigenvalue weighted by molar-refractivity contribution is 5.82. The average Bonchev–Trinajstić information content (AvgIpc) is 3.25. The molecule has 4 aromatic rings. The van der Waals surface area contributed by atoms with Crippen LogP contribution in [0.5, 0.6) is 0 Å². The van der Waals surface area contributed by atoms with Gasteiger partial charge in [-0.1, -0.05) is 0 Å². The standard InChI is InChI=1S/C20H20N8O/c29-17-8-7-16(13-2-1-9-21-10-13)27-28(17)15-5-3-14(4-6-15)26-20-18-19(23-11-22-18)24-12-25-20/h1-2,7-12,14-15H,3-6H2,(H2,22,23,24,25,26). The molecular weight excluding hydrogens is 368 g/mol. The van der Waals surface area contributed by atoms with Gasteiger partial charge in [0.25, 0.3) is 5.56 Å². The van der Waals surface area contributed by atoms with Gasteiger partial charge in [0.05, 0.1) is 18.1 Å². The maximum Gasteiger partial charge on any atom is 0.267 e. The van der Waals surface area contributed by atoms with Crippen LogP contribution >= 0.6 is 0 Å². The van der Waals surface area contributed by atoms with Crippen molar-refractivity contribution in [2.24, 2.45) is 0 Å². The predicted molar refractivity (Wildman–Crippen MR) is 108 cm³/mol. The molecule has 0 amide bonds. The first-order chi connectivity index (χ1) is 14.3. The number of hydrogen-bond acceptors (Lipinski definition) is 7. The van der Waals surface area contributed by atoms with Crippen LogP contribution < -0.4 is 10.9 Å². The SMILES string of the molecule is O=c1ccc(-c2cccnc2)nn1C1CCC(Nc2ncnc3nc[nH]c23)CC1. The Morgan fingerprint density at radius 2 is 1.97 bits per heavy atom. The second-order valence-electron chi connectivity index (χ2n) is 7.22. The largest absolute Gasteiger partial charge is 0.365 e. The van der Waals surface area contributed by atoms with E-state index in [1.54, 1.807) is 35.5 Å². The minimum atomic E-state index is -0.0657. The molecule has 0 aromatic carbocycles. The second-order valence-corrected chi connectivity index (χ2v) is 7.22. The smallest absolute Gasteiger partial charge is 0.267 e. The third-order valence-electron chi connectivity index (χ3n) is 5.39. The van der Waals surface area contributed by atoms with Crippen LogP contribution in [0.2, 0.25) is 0 Å². The van der Waals surface area contributed by atoms with E-state index < -0.39 is 0 Å². The van der Waals surface area contributed by atoms with Crippen LogP contribution in [0, 0.1) is 0 Å². The first-order valence-electron chi connectivity index (χ1n) is 9.69. The average molecular weight is 388 g/mol. The van der Waals surface area contributed by atoms with Crippen molar-refractivity contribution in [3.05, 3.63) is 59.7 Å². The molecule has 0 spiro atoms. The van der Waals surface area contributed by atoms with Gasteiger partial charge >= 0.3 is 0 Å². The fraction of sp³-hybridized carbons (Fsp3) is 0.300. The summed E-state index contributed by atoms with van der Waals surface area (Å²) in [5.41, 5.74) is 3.07. The first-order valence-corrected chi connectivity index (χ1v) is 9.69. The number of anilines is 1. The molecule has 9 nitrogen and oxygen atoms in total. The van der Waals surface area contributed by atoms with E-state index in [0.717, 1.165) is 48.3 Å². The quantitative estimate of drug-likeness (QED) is 0.552. The Hall–Kier alpha value is -3.62. The van der Waals surface area contributed by atoms with Gasteiger partial charge < -0.3 is 10.3 Å². The van der Waals surface area contributed by atoms with E-state index >= 15 is 0 Å². The predicted octanol–water partition coefficient (Wildman–Crippen LogP) is 2.57. The summed E-state index contributed by atoms with van der Waals surface area (Å²) in [5.74, 6) is 0.768. The normalized spacial score (nSPS) is 19.3. The fourth-order valence-corrected chi connectivity index (χ4v) is 3.89. The third kappa shape index (κ3) is 3.46. The van der Waals surface area contributed by atoms with Crippen molar-refractivity contribution in [3.8, 4) is 11.3 Å². The highest BCUT2D eigenvalue weighted by atomic mass is 16.1. The lowest BCUT2D eigenvalue weighted by atomic mass is 9.91. The number of nitrogens with zero attached hydrogens (tertiary/aromatic N) is 6. The van der Waals surface area contributed by atoms with E-state index in [0.29, 0.717) is 5.65 Å². The summed E-state index contributed by atoms with van der Waals surface area (Å²) < 4.78 is 1.64. The number of aromatic amines is 1. The molecule has 0 bridgehead atoms. The topological polar surface area (TPSA) is 114 Å². The zero-order chi connectivity index (χ0) is 19.6. The summed E-state index contributed by atoms with van der Waals surface area (Å²) in [6, 6.07) is 7.54. The van der Waals surface area contributed by atoms with Crippen LogP contribution in [0.4, 0.5) is 5.82 Å². The molecule has 146 valence electrons. The van der Waals surface area contributed by atoms with Gasteiger partial charge in [-0.25, -0.2) is 19.6 Å². The summed E-state index contributed by atoms with van der Waals surface area (Å²) in [6.45, 7) is 0. The van der Waals surface area contributed by atoms with Crippen LogP contribution in [-0.4, -0.2) is 40.7 Å². The summed E-state index contributed by atoms with van der Waals surface area (Å²) >= 11 is 0. The highest BCUT2D eigenvalue weighted by Gasteiger charge is 2.25. The zero-order valence-electron chi connectivity index (χ0n) is 15.7. The van der Waals surface area contributed by atoms with E-state index in [1.807, 2.05) is 12.1 Å². The van der Waals surface area contributed by atoms with Crippen LogP contribution in [-0.2, 0) is 0 Å².